The van der Waals surface area contributed by atoms with E-state index in [-0.39, 0.29) is 6.04 Å². The third-order valence-corrected chi connectivity index (χ3v) is 4.30. The molecule has 176 valence electrons. The van der Waals surface area contributed by atoms with E-state index in [1.54, 1.807) is 24.3 Å². The summed E-state index contributed by atoms with van der Waals surface area (Å²) < 4.78 is 45.5. The number of hydrogen-bond donors (Lipinski definition) is 4. The van der Waals surface area contributed by atoms with Crippen molar-refractivity contribution in [3.8, 4) is 5.75 Å². The molecule has 0 amide bonds. The van der Waals surface area contributed by atoms with Crippen molar-refractivity contribution in [2.75, 3.05) is 43.9 Å². The highest BCUT2D eigenvalue weighted by atomic mass is 32.2. The molecule has 1 aromatic carbocycles. The lowest BCUT2D eigenvalue weighted by atomic mass is 10.2. The highest BCUT2D eigenvalue weighted by Crippen LogP contribution is 2.25. The summed E-state index contributed by atoms with van der Waals surface area (Å²) in [6, 6.07) is 7.10. The number of ether oxygens (including phenoxy) is 2. The predicted octanol–water partition coefficient (Wildman–Crippen LogP) is 1.89. The van der Waals surface area contributed by atoms with E-state index in [0.29, 0.717) is 30.6 Å². The third kappa shape index (κ3) is 16.6. The summed E-state index contributed by atoms with van der Waals surface area (Å²) in [6.45, 7) is 12.3. The van der Waals surface area contributed by atoms with Gasteiger partial charge in [-0.1, -0.05) is 27.7 Å². The Morgan fingerprint density at radius 1 is 1.03 bits per heavy atom. The van der Waals surface area contributed by atoms with E-state index in [0.717, 1.165) is 26.0 Å². The van der Waals surface area contributed by atoms with Crippen molar-refractivity contribution < 1.29 is 37.1 Å². The molecule has 1 atom stereocenters. The number of phosphoric acid groups is 1. The van der Waals surface area contributed by atoms with Gasteiger partial charge < -0.3 is 24.2 Å². The van der Waals surface area contributed by atoms with E-state index in [1.165, 1.54) is 0 Å². The molecule has 0 radical (unpaired) electrons. The second-order valence-electron chi connectivity index (χ2n) is 7.03. The van der Waals surface area contributed by atoms with E-state index in [9.17, 15) is 8.42 Å². The predicted molar refractivity (Wildman–Crippen MR) is 117 cm³/mol. The Morgan fingerprint density at radius 3 is 1.93 bits per heavy atom. The largest absolute Gasteiger partial charge is 0.492 e. The molecule has 0 saturated carbocycles. The van der Waals surface area contributed by atoms with Crippen molar-refractivity contribution in [3.63, 3.8) is 0 Å². The number of nitrogens with one attached hydrogen (secondary N) is 1. The van der Waals surface area contributed by atoms with Gasteiger partial charge in [-0.3, -0.25) is 9.62 Å². The Balaban J connectivity index is 0.00000150. The van der Waals surface area contributed by atoms with Crippen LogP contribution in [0.4, 0.5) is 5.69 Å². The highest BCUT2D eigenvalue weighted by molar-refractivity contribution is 7.92. The first kappa shape index (κ1) is 28.8. The number of hydrogen-bond acceptors (Lipinski definition) is 6. The number of rotatable bonds is 12. The maximum atomic E-state index is 11.2. The van der Waals surface area contributed by atoms with E-state index >= 15 is 0 Å². The fraction of sp³-hybridized carbons (Fsp3) is 0.667. The van der Waals surface area contributed by atoms with E-state index in [1.807, 2.05) is 0 Å². The first-order valence-electron chi connectivity index (χ1n) is 9.55. The van der Waals surface area contributed by atoms with Gasteiger partial charge in [0.25, 0.3) is 0 Å². The second-order valence-corrected chi connectivity index (χ2v) is 9.80. The van der Waals surface area contributed by atoms with Gasteiger partial charge in [0.05, 0.1) is 18.9 Å². The molecule has 1 unspecified atom stereocenters. The fourth-order valence-corrected chi connectivity index (χ4v) is 3.03. The molecule has 0 aromatic heterocycles. The molecule has 1 aromatic rings. The van der Waals surface area contributed by atoms with E-state index in [4.69, 9.17) is 28.7 Å². The van der Waals surface area contributed by atoms with Crippen LogP contribution in [0.5, 0.6) is 5.75 Å². The summed E-state index contributed by atoms with van der Waals surface area (Å²) in [5.41, 5.74) is 0.524. The van der Waals surface area contributed by atoms with Crippen molar-refractivity contribution >= 4 is 23.5 Å². The summed E-state index contributed by atoms with van der Waals surface area (Å²) in [4.78, 5) is 23.9. The molecular formula is C18H35N2O8PS. The molecule has 1 rings (SSSR count). The van der Waals surface area contributed by atoms with Crippen molar-refractivity contribution in [1.29, 1.82) is 0 Å². The van der Waals surface area contributed by atoms with Gasteiger partial charge >= 0.3 is 7.82 Å². The summed E-state index contributed by atoms with van der Waals surface area (Å²) in [5, 5.41) is 0. The zero-order valence-corrected chi connectivity index (χ0v) is 19.9. The Bertz CT molecular complexity index is 725. The van der Waals surface area contributed by atoms with Gasteiger partial charge in [-0.15, -0.1) is 0 Å². The van der Waals surface area contributed by atoms with Crippen LogP contribution in [0.1, 0.15) is 27.7 Å². The standard InChI is InChI=1S/C18H32N2O4S.H3O4P/c1-6-20(7-2)17(13-23-12-15(3)4)14-24-18-10-8-16(9-11-18)19-25(5,21)22;1-5(2,3)4/h8-11,15,17,19H,6-7,12-14H2,1-5H3;(H3,1,2,3,4). The fourth-order valence-electron chi connectivity index (χ4n) is 2.46. The monoisotopic (exact) mass is 470 g/mol. The maximum absolute atomic E-state index is 11.2. The quantitative estimate of drug-likeness (QED) is 0.336. The van der Waals surface area contributed by atoms with Crippen LogP contribution in [0.2, 0.25) is 0 Å². The number of likely N-dealkylation sites (N-methyl/N-ethyl adjacent to an activating group) is 1. The number of benzene rings is 1. The maximum Gasteiger partial charge on any atom is 0.466 e. The zero-order chi connectivity index (χ0) is 23.4. The summed E-state index contributed by atoms with van der Waals surface area (Å²) in [5.74, 6) is 1.22. The first-order chi connectivity index (χ1) is 13.7. The van der Waals surface area contributed by atoms with Gasteiger partial charge in [-0.05, 0) is 43.3 Å². The zero-order valence-electron chi connectivity index (χ0n) is 18.2. The summed E-state index contributed by atoms with van der Waals surface area (Å²) in [6.07, 6.45) is 1.13. The van der Waals surface area contributed by atoms with Crippen LogP contribution in [-0.2, 0) is 19.3 Å². The van der Waals surface area contributed by atoms with Gasteiger partial charge in [0.1, 0.15) is 12.4 Å². The van der Waals surface area contributed by atoms with Gasteiger partial charge in [-0.25, -0.2) is 13.0 Å². The highest BCUT2D eigenvalue weighted by Gasteiger charge is 2.17. The molecule has 0 aliphatic heterocycles. The average molecular weight is 471 g/mol. The molecule has 0 spiro atoms. The molecule has 12 heteroatoms. The minimum absolute atomic E-state index is 0.183. The van der Waals surface area contributed by atoms with Crippen LogP contribution < -0.4 is 9.46 Å². The Labute approximate surface area is 179 Å². The normalized spacial score (nSPS) is 13.0. The van der Waals surface area contributed by atoms with Crippen molar-refractivity contribution in [1.82, 2.24) is 4.90 Å². The van der Waals surface area contributed by atoms with Crippen LogP contribution >= 0.6 is 7.82 Å². The van der Waals surface area contributed by atoms with Crippen LogP contribution in [0, 0.1) is 5.92 Å². The lowest BCUT2D eigenvalue weighted by Gasteiger charge is -2.29. The summed E-state index contributed by atoms with van der Waals surface area (Å²) >= 11 is 0. The summed E-state index contributed by atoms with van der Waals surface area (Å²) in [7, 11) is -7.90. The van der Waals surface area contributed by atoms with Crippen LogP contribution in [-0.4, -0.2) is 73.2 Å². The Kier molecular flexibility index (Phi) is 13.4. The minimum Gasteiger partial charge on any atom is -0.492 e. The molecule has 0 aliphatic carbocycles. The van der Waals surface area contributed by atoms with Gasteiger partial charge in [0, 0.05) is 12.3 Å². The van der Waals surface area contributed by atoms with Gasteiger partial charge in [0.15, 0.2) is 0 Å². The minimum atomic E-state index is -4.64. The number of nitrogens with zero attached hydrogens (tertiary/aromatic N) is 1. The van der Waals surface area contributed by atoms with Crippen molar-refractivity contribution in [2.45, 2.75) is 33.7 Å². The molecule has 10 nitrogen and oxygen atoms in total. The van der Waals surface area contributed by atoms with E-state index < -0.39 is 17.8 Å². The molecule has 0 aliphatic rings. The van der Waals surface area contributed by atoms with Crippen molar-refractivity contribution in [2.24, 2.45) is 5.92 Å². The third-order valence-electron chi connectivity index (χ3n) is 3.69. The Morgan fingerprint density at radius 2 is 1.53 bits per heavy atom. The average Bonchev–Trinajstić information content (AvgIpc) is 2.58. The second kappa shape index (κ2) is 14.0. The van der Waals surface area contributed by atoms with Gasteiger partial charge in [-0.2, -0.15) is 0 Å². The molecule has 4 N–H and O–H groups in total. The SMILES string of the molecule is CCN(CC)C(COCC(C)C)COc1ccc(NS(C)(=O)=O)cc1.O=P(O)(O)O. The van der Waals surface area contributed by atoms with Crippen LogP contribution in [0.3, 0.4) is 0 Å². The lowest BCUT2D eigenvalue weighted by Crippen LogP contribution is -2.42. The van der Waals surface area contributed by atoms with Crippen LogP contribution in [0.15, 0.2) is 24.3 Å². The molecule has 0 saturated heterocycles. The van der Waals surface area contributed by atoms with Crippen molar-refractivity contribution in [3.05, 3.63) is 24.3 Å². The molecule has 30 heavy (non-hydrogen) atoms. The Hall–Kier alpha value is -1.20. The number of anilines is 1. The van der Waals surface area contributed by atoms with Crippen LogP contribution in [0.25, 0.3) is 0 Å². The molecule has 0 fully saturated rings. The first-order valence-corrected chi connectivity index (χ1v) is 13.0. The molecule has 0 bridgehead atoms. The topological polar surface area (TPSA) is 146 Å². The smallest absolute Gasteiger partial charge is 0.466 e. The van der Waals surface area contributed by atoms with E-state index in [2.05, 4.69) is 37.3 Å². The lowest BCUT2D eigenvalue weighted by molar-refractivity contribution is 0.0303. The molecule has 0 heterocycles. The molecular weight excluding hydrogens is 435 g/mol. The van der Waals surface area contributed by atoms with Gasteiger partial charge in [0.2, 0.25) is 10.0 Å². The number of sulfonamides is 1.